The quantitative estimate of drug-likeness (QED) is 0.892. The van der Waals surface area contributed by atoms with E-state index in [4.69, 9.17) is 5.73 Å². The number of amides is 1. The summed E-state index contributed by atoms with van der Waals surface area (Å²) < 4.78 is 0. The van der Waals surface area contributed by atoms with E-state index in [0.717, 1.165) is 21.1 Å². The van der Waals surface area contributed by atoms with Crippen molar-refractivity contribution in [2.45, 2.75) is 33.4 Å². The van der Waals surface area contributed by atoms with Crippen LogP contribution in [0.2, 0.25) is 0 Å². The van der Waals surface area contributed by atoms with Crippen LogP contribution < -0.4 is 11.1 Å². The zero-order valence-electron chi connectivity index (χ0n) is 12.6. The first kappa shape index (κ1) is 15.7. The largest absolute Gasteiger partial charge is 0.351 e. The van der Waals surface area contributed by atoms with Crippen molar-refractivity contribution in [1.29, 1.82) is 0 Å². The van der Waals surface area contributed by atoms with E-state index in [-0.39, 0.29) is 17.9 Å². The van der Waals surface area contributed by atoms with Gasteiger partial charge in [0.25, 0.3) is 0 Å². The van der Waals surface area contributed by atoms with Gasteiger partial charge in [0.2, 0.25) is 5.91 Å². The van der Waals surface area contributed by atoms with Gasteiger partial charge in [-0.25, -0.2) is 4.98 Å². The first-order valence-corrected chi connectivity index (χ1v) is 7.85. The summed E-state index contributed by atoms with van der Waals surface area (Å²) in [7, 11) is 0. The average Bonchev–Trinajstić information content (AvgIpc) is 2.86. The van der Waals surface area contributed by atoms with Crippen molar-refractivity contribution in [2.75, 3.05) is 0 Å². The highest BCUT2D eigenvalue weighted by Gasteiger charge is 2.17. The minimum absolute atomic E-state index is 0.0148. The highest BCUT2D eigenvalue weighted by Crippen LogP contribution is 2.27. The van der Waals surface area contributed by atoms with Gasteiger partial charge < -0.3 is 11.1 Å². The van der Waals surface area contributed by atoms with Crippen LogP contribution in [-0.2, 0) is 11.3 Å². The number of rotatable bonds is 5. The fourth-order valence-corrected chi connectivity index (χ4v) is 2.87. The van der Waals surface area contributed by atoms with Crippen LogP contribution in [0.3, 0.4) is 0 Å². The summed E-state index contributed by atoms with van der Waals surface area (Å²) in [4.78, 5) is 17.6. The smallest absolute Gasteiger partial charge is 0.224 e. The third kappa shape index (κ3) is 3.89. The molecule has 0 spiro atoms. The molecule has 5 heteroatoms. The van der Waals surface area contributed by atoms with Gasteiger partial charge in [0.05, 0.1) is 12.2 Å². The van der Waals surface area contributed by atoms with E-state index in [1.807, 2.05) is 51.1 Å². The maximum absolute atomic E-state index is 11.9. The average molecular weight is 303 g/mol. The molecule has 0 saturated carbocycles. The second-order valence-electron chi connectivity index (χ2n) is 5.26. The van der Waals surface area contributed by atoms with Crippen molar-refractivity contribution in [3.05, 3.63) is 40.9 Å². The Kier molecular flexibility index (Phi) is 5.09. The molecular weight excluding hydrogens is 282 g/mol. The third-order valence-electron chi connectivity index (χ3n) is 3.54. The van der Waals surface area contributed by atoms with Crippen LogP contribution in [0.4, 0.5) is 0 Å². The topological polar surface area (TPSA) is 68.0 Å². The molecule has 0 aliphatic heterocycles. The molecule has 2 rings (SSSR count). The van der Waals surface area contributed by atoms with Gasteiger partial charge in [0, 0.05) is 22.4 Å². The molecule has 0 fully saturated rings. The molecule has 3 N–H and O–H groups in total. The van der Waals surface area contributed by atoms with Gasteiger partial charge in [-0.2, -0.15) is 0 Å². The Bertz CT molecular complexity index is 607. The van der Waals surface area contributed by atoms with Gasteiger partial charge in [-0.05, 0) is 13.8 Å². The molecule has 1 amide bonds. The van der Waals surface area contributed by atoms with Gasteiger partial charge in [0.1, 0.15) is 5.01 Å². The van der Waals surface area contributed by atoms with E-state index in [1.54, 1.807) is 11.3 Å². The lowest BCUT2D eigenvalue weighted by Gasteiger charge is -2.14. The van der Waals surface area contributed by atoms with E-state index < -0.39 is 0 Å². The number of thiazole rings is 1. The second kappa shape index (κ2) is 6.83. The maximum Gasteiger partial charge on any atom is 0.224 e. The van der Waals surface area contributed by atoms with Crippen LogP contribution >= 0.6 is 11.3 Å². The summed E-state index contributed by atoms with van der Waals surface area (Å²) in [5, 5.41) is 3.92. The van der Waals surface area contributed by atoms with E-state index in [9.17, 15) is 4.79 Å². The van der Waals surface area contributed by atoms with Crippen molar-refractivity contribution < 1.29 is 4.79 Å². The Labute approximate surface area is 129 Å². The number of carbonyl (C=O) groups is 1. The molecule has 0 saturated heterocycles. The maximum atomic E-state index is 11.9. The molecule has 2 atom stereocenters. The second-order valence-corrected chi connectivity index (χ2v) is 6.34. The number of nitrogens with two attached hydrogens (primary N) is 1. The van der Waals surface area contributed by atoms with Crippen LogP contribution in [0.25, 0.3) is 10.6 Å². The molecule has 21 heavy (non-hydrogen) atoms. The lowest BCUT2D eigenvalue weighted by atomic mass is 10.0. The lowest BCUT2D eigenvalue weighted by molar-refractivity contribution is -0.125. The Morgan fingerprint density at radius 1 is 1.33 bits per heavy atom. The SMILES string of the molecule is Cc1nc(-c2ccccc2)sc1CNC(=O)C(C)C(C)N. The summed E-state index contributed by atoms with van der Waals surface area (Å²) >= 11 is 1.62. The predicted octanol–water partition coefficient (Wildman–Crippen LogP) is 2.72. The summed E-state index contributed by atoms with van der Waals surface area (Å²) in [6.45, 7) is 6.16. The number of aromatic nitrogens is 1. The van der Waals surface area contributed by atoms with E-state index in [0.29, 0.717) is 6.54 Å². The fourth-order valence-electron chi connectivity index (χ4n) is 1.86. The standard InChI is InChI=1S/C16H21N3OS/c1-10(11(2)17)15(20)18-9-14-12(3)19-16(21-14)13-7-5-4-6-8-13/h4-8,10-11H,9,17H2,1-3H3,(H,18,20). The minimum Gasteiger partial charge on any atom is -0.351 e. The molecule has 1 heterocycles. The highest BCUT2D eigenvalue weighted by atomic mass is 32.1. The van der Waals surface area contributed by atoms with Crippen LogP contribution in [0.1, 0.15) is 24.4 Å². The van der Waals surface area contributed by atoms with Crippen LogP contribution in [-0.4, -0.2) is 16.9 Å². The van der Waals surface area contributed by atoms with E-state index in [1.165, 1.54) is 0 Å². The molecule has 1 aromatic carbocycles. The molecule has 112 valence electrons. The van der Waals surface area contributed by atoms with Crippen molar-refractivity contribution in [2.24, 2.45) is 11.7 Å². The summed E-state index contributed by atoms with van der Waals surface area (Å²) in [6, 6.07) is 9.92. The van der Waals surface area contributed by atoms with Gasteiger partial charge in [-0.3, -0.25) is 4.79 Å². The monoisotopic (exact) mass is 303 g/mol. The van der Waals surface area contributed by atoms with E-state index >= 15 is 0 Å². The van der Waals surface area contributed by atoms with Crippen molar-refractivity contribution in [3.8, 4) is 10.6 Å². The van der Waals surface area contributed by atoms with Gasteiger partial charge >= 0.3 is 0 Å². The molecule has 0 radical (unpaired) electrons. The van der Waals surface area contributed by atoms with Crippen LogP contribution in [0.5, 0.6) is 0 Å². The zero-order chi connectivity index (χ0) is 15.4. The third-order valence-corrected chi connectivity index (χ3v) is 4.75. The van der Waals surface area contributed by atoms with E-state index in [2.05, 4.69) is 10.3 Å². The molecule has 0 bridgehead atoms. The number of benzene rings is 1. The number of hydrogen-bond donors (Lipinski definition) is 2. The lowest BCUT2D eigenvalue weighted by Crippen LogP contribution is -2.38. The number of nitrogens with zero attached hydrogens (tertiary/aromatic N) is 1. The van der Waals surface area contributed by atoms with Crippen molar-refractivity contribution in [1.82, 2.24) is 10.3 Å². The number of carbonyl (C=O) groups excluding carboxylic acids is 1. The molecular formula is C16H21N3OS. The fraction of sp³-hybridized carbons (Fsp3) is 0.375. The highest BCUT2D eigenvalue weighted by molar-refractivity contribution is 7.15. The predicted molar refractivity (Wildman–Crippen MR) is 86.9 cm³/mol. The Morgan fingerprint density at radius 2 is 2.00 bits per heavy atom. The first-order chi connectivity index (χ1) is 9.99. The van der Waals surface area contributed by atoms with Crippen LogP contribution in [0, 0.1) is 12.8 Å². The Balaban J connectivity index is 2.05. The molecule has 0 aliphatic rings. The number of nitrogens with one attached hydrogen (secondary N) is 1. The normalized spacial score (nSPS) is 13.7. The molecule has 0 aliphatic carbocycles. The Hall–Kier alpha value is -1.72. The Morgan fingerprint density at radius 3 is 2.62 bits per heavy atom. The summed E-state index contributed by atoms with van der Waals surface area (Å²) in [5.74, 6) is -0.203. The van der Waals surface area contributed by atoms with Crippen molar-refractivity contribution in [3.63, 3.8) is 0 Å². The zero-order valence-corrected chi connectivity index (χ0v) is 13.4. The van der Waals surface area contributed by atoms with Gasteiger partial charge in [-0.1, -0.05) is 37.3 Å². The van der Waals surface area contributed by atoms with Gasteiger partial charge in [-0.15, -0.1) is 11.3 Å². The number of hydrogen-bond acceptors (Lipinski definition) is 4. The summed E-state index contributed by atoms with van der Waals surface area (Å²) in [6.07, 6.45) is 0. The minimum atomic E-state index is -0.188. The van der Waals surface area contributed by atoms with Gasteiger partial charge in [0.15, 0.2) is 0 Å². The van der Waals surface area contributed by atoms with Crippen LogP contribution in [0.15, 0.2) is 30.3 Å². The molecule has 1 aromatic heterocycles. The molecule has 4 nitrogen and oxygen atoms in total. The molecule has 2 aromatic rings. The first-order valence-electron chi connectivity index (χ1n) is 7.04. The molecule has 2 unspecified atom stereocenters. The van der Waals surface area contributed by atoms with Crippen molar-refractivity contribution >= 4 is 17.2 Å². The number of aryl methyl sites for hydroxylation is 1. The summed E-state index contributed by atoms with van der Waals surface area (Å²) in [5.41, 5.74) is 7.81.